The van der Waals surface area contributed by atoms with Gasteiger partial charge in [-0.3, -0.25) is 0 Å². The number of rotatable bonds is 2. The third kappa shape index (κ3) is 4.34. The van der Waals surface area contributed by atoms with Crippen molar-refractivity contribution in [2.24, 2.45) is 0 Å². The second kappa shape index (κ2) is 8.37. The number of carbonyl (C=O) groups excluding carboxylic acids is 1. The molecule has 2 aromatic rings. The summed E-state index contributed by atoms with van der Waals surface area (Å²) in [6, 6.07) is 3.76. The van der Waals surface area contributed by atoms with Crippen LogP contribution in [0.1, 0.15) is 30.4 Å². The van der Waals surface area contributed by atoms with Crippen LogP contribution < -0.4 is 10.1 Å². The molecule has 8 heteroatoms. The van der Waals surface area contributed by atoms with Gasteiger partial charge in [-0.2, -0.15) is 0 Å². The highest BCUT2D eigenvalue weighted by Gasteiger charge is 2.22. The average molecular weight is 420 g/mol. The number of fused-ring (bicyclic) bond motifs is 1. The normalized spacial score (nSPS) is 16.1. The number of hydrogen-bond donors (Lipinski definition) is 1. The van der Waals surface area contributed by atoms with E-state index >= 15 is 0 Å². The van der Waals surface area contributed by atoms with E-state index in [0.29, 0.717) is 44.1 Å². The lowest BCUT2D eigenvalue weighted by Gasteiger charge is -2.29. The highest BCUT2D eigenvalue weighted by Crippen LogP contribution is 2.30. The quantitative estimate of drug-likeness (QED) is 0.741. The van der Waals surface area contributed by atoms with Crippen molar-refractivity contribution in [1.82, 2.24) is 9.88 Å². The van der Waals surface area contributed by atoms with Crippen molar-refractivity contribution in [2.45, 2.75) is 25.7 Å². The number of anilines is 1. The predicted molar refractivity (Wildman–Crippen MR) is 107 cm³/mol. The van der Waals surface area contributed by atoms with Gasteiger partial charge in [-0.05, 0) is 50.0 Å². The van der Waals surface area contributed by atoms with Gasteiger partial charge in [0.05, 0.1) is 12.3 Å². The standard InChI is InChI=1S/C21H20ClF2N3O2/c22-14-11-17(23)16(18(24)12-14)10-13-4-7-27(8-5-13)21(28)26-19-3-6-25-20-15(19)2-1-9-29-20/h3,6,10-12H,1-2,4-5,7-9H2,(H,25,26,28). The van der Waals surface area contributed by atoms with Gasteiger partial charge in [0.1, 0.15) is 11.6 Å². The number of hydrogen-bond acceptors (Lipinski definition) is 3. The Balaban J connectivity index is 1.41. The summed E-state index contributed by atoms with van der Waals surface area (Å²) < 4.78 is 33.5. The van der Waals surface area contributed by atoms with E-state index in [4.69, 9.17) is 16.3 Å². The summed E-state index contributed by atoms with van der Waals surface area (Å²) in [5.41, 5.74) is 2.43. The van der Waals surface area contributed by atoms with Gasteiger partial charge in [0, 0.05) is 35.4 Å². The van der Waals surface area contributed by atoms with Gasteiger partial charge in [0.15, 0.2) is 0 Å². The Morgan fingerprint density at radius 2 is 1.93 bits per heavy atom. The zero-order valence-corrected chi connectivity index (χ0v) is 16.4. The molecule has 29 heavy (non-hydrogen) atoms. The van der Waals surface area contributed by atoms with Crippen molar-refractivity contribution in [2.75, 3.05) is 25.0 Å². The lowest BCUT2D eigenvalue weighted by molar-refractivity contribution is 0.207. The van der Waals surface area contributed by atoms with Crippen molar-refractivity contribution >= 4 is 29.4 Å². The van der Waals surface area contributed by atoms with Crippen LogP contribution >= 0.6 is 11.6 Å². The number of ether oxygens (including phenoxy) is 1. The van der Waals surface area contributed by atoms with Gasteiger partial charge < -0.3 is 15.0 Å². The first kappa shape index (κ1) is 19.6. The molecule has 4 rings (SSSR count). The number of piperidine rings is 1. The number of benzene rings is 1. The lowest BCUT2D eigenvalue weighted by atomic mass is 10.0. The fourth-order valence-corrected chi connectivity index (χ4v) is 3.80. The number of amides is 2. The molecule has 152 valence electrons. The smallest absolute Gasteiger partial charge is 0.321 e. The van der Waals surface area contributed by atoms with Crippen molar-refractivity contribution in [3.63, 3.8) is 0 Å². The van der Waals surface area contributed by atoms with Gasteiger partial charge in [-0.15, -0.1) is 0 Å². The first-order valence-electron chi connectivity index (χ1n) is 9.52. The van der Waals surface area contributed by atoms with Gasteiger partial charge in [0.2, 0.25) is 5.88 Å². The molecule has 2 aliphatic rings. The van der Waals surface area contributed by atoms with Crippen LogP contribution in [0.3, 0.4) is 0 Å². The molecule has 2 amide bonds. The Morgan fingerprint density at radius 3 is 2.66 bits per heavy atom. The molecular formula is C21H20ClF2N3O2. The van der Waals surface area contributed by atoms with Crippen LogP contribution in [0.4, 0.5) is 19.3 Å². The van der Waals surface area contributed by atoms with Crippen LogP contribution in [0.2, 0.25) is 5.02 Å². The summed E-state index contributed by atoms with van der Waals surface area (Å²) in [6.45, 7) is 1.57. The summed E-state index contributed by atoms with van der Waals surface area (Å²) in [7, 11) is 0. The summed E-state index contributed by atoms with van der Waals surface area (Å²) >= 11 is 5.67. The molecule has 0 bridgehead atoms. The third-order valence-corrected chi connectivity index (χ3v) is 5.37. The molecule has 1 aromatic heterocycles. The first-order valence-corrected chi connectivity index (χ1v) is 9.89. The topological polar surface area (TPSA) is 54.5 Å². The number of urea groups is 1. The average Bonchev–Trinajstić information content (AvgIpc) is 2.71. The monoisotopic (exact) mass is 419 g/mol. The minimum absolute atomic E-state index is 0.0253. The molecule has 0 atom stereocenters. The van der Waals surface area contributed by atoms with E-state index in [2.05, 4.69) is 10.3 Å². The summed E-state index contributed by atoms with van der Waals surface area (Å²) in [4.78, 5) is 18.6. The molecule has 0 saturated carbocycles. The van der Waals surface area contributed by atoms with Crippen LogP contribution in [0.5, 0.6) is 5.88 Å². The molecule has 3 heterocycles. The molecule has 1 N–H and O–H groups in total. The van der Waals surface area contributed by atoms with Crippen molar-refractivity contribution < 1.29 is 18.3 Å². The van der Waals surface area contributed by atoms with E-state index in [0.717, 1.165) is 36.1 Å². The molecule has 0 spiro atoms. The van der Waals surface area contributed by atoms with Gasteiger partial charge in [-0.25, -0.2) is 18.6 Å². The molecule has 1 aromatic carbocycles. The second-order valence-electron chi connectivity index (χ2n) is 7.10. The minimum atomic E-state index is -0.688. The van der Waals surface area contributed by atoms with Gasteiger partial charge in [-0.1, -0.05) is 17.2 Å². The zero-order chi connectivity index (χ0) is 20.4. The molecule has 0 radical (unpaired) electrons. The van der Waals surface area contributed by atoms with Crippen LogP contribution in [-0.2, 0) is 6.42 Å². The number of pyridine rings is 1. The highest BCUT2D eigenvalue weighted by molar-refractivity contribution is 6.30. The Kier molecular flexibility index (Phi) is 5.67. The van der Waals surface area contributed by atoms with Crippen LogP contribution in [0.25, 0.3) is 6.08 Å². The maximum absolute atomic E-state index is 14.0. The minimum Gasteiger partial charge on any atom is -0.477 e. The Labute approximate surface area is 172 Å². The Morgan fingerprint density at radius 1 is 1.21 bits per heavy atom. The van der Waals surface area contributed by atoms with E-state index in [1.54, 1.807) is 17.2 Å². The summed E-state index contributed by atoms with van der Waals surface area (Å²) in [5, 5.41) is 2.97. The number of halogens is 3. The van der Waals surface area contributed by atoms with E-state index in [1.807, 2.05) is 0 Å². The molecule has 5 nitrogen and oxygen atoms in total. The predicted octanol–water partition coefficient (Wildman–Crippen LogP) is 5.05. The fourth-order valence-electron chi connectivity index (χ4n) is 3.61. The first-order chi connectivity index (χ1) is 14.0. The Bertz CT molecular complexity index is 947. The number of likely N-dealkylation sites (tertiary alicyclic amines) is 1. The number of aromatic nitrogens is 1. The molecule has 0 aliphatic carbocycles. The van der Waals surface area contributed by atoms with Crippen LogP contribution in [-0.4, -0.2) is 35.6 Å². The van der Waals surface area contributed by atoms with Crippen molar-refractivity contribution in [3.8, 4) is 5.88 Å². The SMILES string of the molecule is O=C(Nc1ccnc2c1CCCO2)N1CCC(=Cc2c(F)cc(Cl)cc2F)CC1. The van der Waals surface area contributed by atoms with Crippen molar-refractivity contribution in [1.29, 1.82) is 0 Å². The molecule has 1 saturated heterocycles. The van der Waals surface area contributed by atoms with E-state index in [1.165, 1.54) is 6.08 Å². The van der Waals surface area contributed by atoms with Gasteiger partial charge >= 0.3 is 6.03 Å². The van der Waals surface area contributed by atoms with Crippen LogP contribution in [0.15, 0.2) is 30.0 Å². The zero-order valence-electron chi connectivity index (χ0n) is 15.7. The third-order valence-electron chi connectivity index (χ3n) is 5.15. The number of carbonyl (C=O) groups is 1. The second-order valence-corrected chi connectivity index (χ2v) is 7.53. The number of nitrogens with one attached hydrogen (secondary N) is 1. The molecule has 1 fully saturated rings. The van der Waals surface area contributed by atoms with E-state index in [-0.39, 0.29) is 16.6 Å². The summed E-state index contributed by atoms with van der Waals surface area (Å²) in [6.07, 6.45) is 5.93. The maximum atomic E-state index is 14.0. The lowest BCUT2D eigenvalue weighted by Crippen LogP contribution is -2.39. The molecular weight excluding hydrogens is 400 g/mol. The highest BCUT2D eigenvalue weighted by atomic mass is 35.5. The van der Waals surface area contributed by atoms with E-state index in [9.17, 15) is 13.6 Å². The largest absolute Gasteiger partial charge is 0.477 e. The summed E-state index contributed by atoms with van der Waals surface area (Å²) in [5.74, 6) is -0.801. The maximum Gasteiger partial charge on any atom is 0.321 e. The van der Waals surface area contributed by atoms with Gasteiger partial charge in [0.25, 0.3) is 0 Å². The fraction of sp³-hybridized carbons (Fsp3) is 0.333. The van der Waals surface area contributed by atoms with Crippen LogP contribution in [0, 0.1) is 11.6 Å². The Hall–Kier alpha value is -2.67. The molecule has 2 aliphatic heterocycles. The van der Waals surface area contributed by atoms with E-state index < -0.39 is 11.6 Å². The van der Waals surface area contributed by atoms with Crippen molar-refractivity contribution in [3.05, 3.63) is 57.8 Å². The number of nitrogens with zero attached hydrogens (tertiary/aromatic N) is 2. The molecule has 0 unspecified atom stereocenters.